The van der Waals surface area contributed by atoms with Crippen molar-refractivity contribution in [3.63, 3.8) is 0 Å². The van der Waals surface area contributed by atoms with Gasteiger partial charge in [-0.3, -0.25) is 4.79 Å². The lowest BCUT2D eigenvalue weighted by Gasteiger charge is -2.10. The first-order chi connectivity index (χ1) is 14.0. The predicted molar refractivity (Wildman–Crippen MR) is 103 cm³/mol. The molecular weight excluding hydrogens is 376 g/mol. The molecule has 1 amide bonds. The van der Waals surface area contributed by atoms with Crippen LogP contribution in [0.1, 0.15) is 27.2 Å². The molecular formula is C20H18N4O5. The molecule has 0 bridgehead atoms. The van der Waals surface area contributed by atoms with E-state index in [1.165, 1.54) is 10.7 Å². The van der Waals surface area contributed by atoms with Crippen LogP contribution >= 0.6 is 0 Å². The van der Waals surface area contributed by atoms with Crippen molar-refractivity contribution in [2.75, 3.05) is 6.79 Å². The van der Waals surface area contributed by atoms with Gasteiger partial charge in [-0.25, -0.2) is 0 Å². The van der Waals surface area contributed by atoms with Crippen LogP contribution in [0.15, 0.2) is 48.5 Å². The summed E-state index contributed by atoms with van der Waals surface area (Å²) >= 11 is 0. The van der Waals surface area contributed by atoms with Gasteiger partial charge in [-0.1, -0.05) is 24.3 Å². The van der Waals surface area contributed by atoms with Gasteiger partial charge >= 0.3 is 5.82 Å². The van der Waals surface area contributed by atoms with Crippen molar-refractivity contribution in [3.05, 3.63) is 81.0 Å². The topological polar surface area (TPSA) is 109 Å². The third-order valence-electron chi connectivity index (χ3n) is 4.63. The molecule has 0 atom stereocenters. The molecule has 2 aromatic carbocycles. The number of aryl methyl sites for hydroxylation is 1. The minimum absolute atomic E-state index is 0.198. The zero-order valence-corrected chi connectivity index (χ0v) is 15.6. The summed E-state index contributed by atoms with van der Waals surface area (Å²) in [5, 5.41) is 17.8. The van der Waals surface area contributed by atoms with Gasteiger partial charge in [0.15, 0.2) is 11.5 Å². The van der Waals surface area contributed by atoms with Crippen LogP contribution in [0.25, 0.3) is 0 Å². The van der Waals surface area contributed by atoms with Gasteiger partial charge < -0.3 is 24.9 Å². The number of nitro groups is 1. The second kappa shape index (κ2) is 7.63. The molecule has 0 saturated carbocycles. The standard InChI is InChI=1S/C20H18N4O5/c1-13-8-19(24(26)27)22-23(13)11-15-4-2-3-5-16(15)20(25)21-10-14-6-7-17-18(9-14)29-12-28-17/h2-9H,10-12H2,1H3,(H,21,25). The summed E-state index contributed by atoms with van der Waals surface area (Å²) in [7, 11) is 0. The summed E-state index contributed by atoms with van der Waals surface area (Å²) in [6.45, 7) is 2.52. The number of nitrogens with zero attached hydrogens (tertiary/aromatic N) is 3. The number of hydrogen-bond acceptors (Lipinski definition) is 6. The molecule has 9 nitrogen and oxygen atoms in total. The maximum absolute atomic E-state index is 12.8. The fraction of sp³-hybridized carbons (Fsp3) is 0.200. The largest absolute Gasteiger partial charge is 0.454 e. The fourth-order valence-electron chi connectivity index (χ4n) is 3.11. The molecule has 0 aliphatic carbocycles. The average Bonchev–Trinajstić information content (AvgIpc) is 3.33. The van der Waals surface area contributed by atoms with Crippen LogP contribution in [0, 0.1) is 17.0 Å². The van der Waals surface area contributed by atoms with Gasteiger partial charge in [0.25, 0.3) is 5.91 Å². The molecule has 1 aliphatic rings. The highest BCUT2D eigenvalue weighted by Gasteiger charge is 2.18. The highest BCUT2D eigenvalue weighted by atomic mass is 16.7. The molecule has 0 radical (unpaired) electrons. The number of carbonyl (C=O) groups is 1. The van der Waals surface area contributed by atoms with E-state index in [2.05, 4.69) is 10.4 Å². The van der Waals surface area contributed by atoms with Gasteiger partial charge in [0.05, 0.1) is 23.4 Å². The zero-order chi connectivity index (χ0) is 20.4. The Hall–Kier alpha value is -3.88. The van der Waals surface area contributed by atoms with Crippen LogP contribution in [0.3, 0.4) is 0 Å². The Kier molecular flexibility index (Phi) is 4.86. The van der Waals surface area contributed by atoms with Crippen LogP contribution in [0.2, 0.25) is 0 Å². The third-order valence-corrected chi connectivity index (χ3v) is 4.63. The van der Waals surface area contributed by atoms with Gasteiger partial charge in [0.1, 0.15) is 0 Å². The van der Waals surface area contributed by atoms with E-state index in [1.807, 2.05) is 30.3 Å². The van der Waals surface area contributed by atoms with Gasteiger partial charge in [-0.05, 0) is 41.2 Å². The molecule has 0 spiro atoms. The number of aromatic nitrogens is 2. The van der Waals surface area contributed by atoms with E-state index in [0.29, 0.717) is 29.3 Å². The quantitative estimate of drug-likeness (QED) is 0.509. The molecule has 0 unspecified atom stereocenters. The van der Waals surface area contributed by atoms with E-state index in [4.69, 9.17) is 9.47 Å². The Morgan fingerprint density at radius 2 is 2.00 bits per heavy atom. The summed E-state index contributed by atoms with van der Waals surface area (Å²) in [4.78, 5) is 23.2. The van der Waals surface area contributed by atoms with E-state index < -0.39 is 4.92 Å². The Morgan fingerprint density at radius 3 is 2.79 bits per heavy atom. The van der Waals surface area contributed by atoms with Crippen LogP contribution in [0.4, 0.5) is 5.82 Å². The van der Waals surface area contributed by atoms with Gasteiger partial charge in [-0.2, -0.15) is 4.68 Å². The number of fused-ring (bicyclic) bond motifs is 1. The number of amides is 1. The first-order valence-corrected chi connectivity index (χ1v) is 8.95. The molecule has 3 aromatic rings. The Balaban J connectivity index is 1.49. The lowest BCUT2D eigenvalue weighted by Crippen LogP contribution is -2.24. The van der Waals surface area contributed by atoms with E-state index in [0.717, 1.165) is 11.1 Å². The molecule has 4 rings (SSSR count). The fourth-order valence-corrected chi connectivity index (χ4v) is 3.11. The molecule has 2 heterocycles. The monoisotopic (exact) mass is 394 g/mol. The molecule has 148 valence electrons. The smallest absolute Gasteiger partial charge is 0.390 e. The van der Waals surface area contributed by atoms with Crippen molar-refractivity contribution < 1.29 is 19.2 Å². The van der Waals surface area contributed by atoms with Crippen molar-refractivity contribution in [1.82, 2.24) is 15.1 Å². The summed E-state index contributed by atoms with van der Waals surface area (Å²) in [6.07, 6.45) is 0. The number of carbonyl (C=O) groups excluding carboxylic acids is 1. The normalized spacial score (nSPS) is 12.0. The minimum atomic E-state index is -0.534. The predicted octanol–water partition coefficient (Wildman–Crippen LogP) is 2.81. The highest BCUT2D eigenvalue weighted by Crippen LogP contribution is 2.32. The third kappa shape index (κ3) is 3.88. The maximum atomic E-state index is 12.8. The first-order valence-electron chi connectivity index (χ1n) is 8.95. The molecule has 9 heteroatoms. The SMILES string of the molecule is Cc1cc([N+](=O)[O-])nn1Cc1ccccc1C(=O)NCc1ccc2c(c1)OCO2. The van der Waals surface area contributed by atoms with Crippen molar-refractivity contribution in [2.45, 2.75) is 20.0 Å². The van der Waals surface area contributed by atoms with Crippen molar-refractivity contribution in [3.8, 4) is 11.5 Å². The van der Waals surface area contributed by atoms with Gasteiger partial charge in [-0.15, -0.1) is 0 Å². The van der Waals surface area contributed by atoms with Crippen LogP contribution in [-0.4, -0.2) is 27.4 Å². The molecule has 1 N–H and O–H groups in total. The van der Waals surface area contributed by atoms with Crippen LogP contribution in [-0.2, 0) is 13.1 Å². The zero-order valence-electron chi connectivity index (χ0n) is 15.6. The van der Waals surface area contributed by atoms with E-state index >= 15 is 0 Å². The maximum Gasteiger partial charge on any atom is 0.390 e. The number of rotatable bonds is 6. The lowest BCUT2D eigenvalue weighted by molar-refractivity contribution is -0.389. The van der Waals surface area contributed by atoms with Gasteiger partial charge in [0, 0.05) is 12.1 Å². The second-order valence-electron chi connectivity index (χ2n) is 6.59. The Labute approximate surface area is 166 Å². The first kappa shape index (κ1) is 18.5. The van der Waals surface area contributed by atoms with Crippen molar-refractivity contribution >= 4 is 11.7 Å². The summed E-state index contributed by atoms with van der Waals surface area (Å²) < 4.78 is 12.2. The number of ether oxygens (including phenoxy) is 2. The Morgan fingerprint density at radius 1 is 1.21 bits per heavy atom. The summed E-state index contributed by atoms with van der Waals surface area (Å²) in [5.41, 5.74) is 2.74. The van der Waals surface area contributed by atoms with Crippen LogP contribution in [0.5, 0.6) is 11.5 Å². The lowest BCUT2D eigenvalue weighted by atomic mass is 10.1. The molecule has 0 saturated heterocycles. The highest BCUT2D eigenvalue weighted by molar-refractivity contribution is 5.95. The van der Waals surface area contributed by atoms with Gasteiger partial charge in [0.2, 0.25) is 6.79 Å². The number of nitrogens with one attached hydrogen (secondary N) is 1. The average molecular weight is 394 g/mol. The summed E-state index contributed by atoms with van der Waals surface area (Å²) in [5.74, 6) is 0.895. The summed E-state index contributed by atoms with van der Waals surface area (Å²) in [6, 6.07) is 14.0. The second-order valence-corrected chi connectivity index (χ2v) is 6.59. The Bertz CT molecular complexity index is 1090. The molecule has 1 aromatic heterocycles. The van der Waals surface area contributed by atoms with Crippen LogP contribution < -0.4 is 14.8 Å². The van der Waals surface area contributed by atoms with E-state index in [9.17, 15) is 14.9 Å². The molecule has 0 fully saturated rings. The van der Waals surface area contributed by atoms with E-state index in [-0.39, 0.29) is 25.1 Å². The molecule has 1 aliphatic heterocycles. The van der Waals surface area contributed by atoms with Crippen molar-refractivity contribution in [1.29, 1.82) is 0 Å². The molecule has 29 heavy (non-hydrogen) atoms. The number of hydrogen-bond donors (Lipinski definition) is 1. The number of benzene rings is 2. The van der Waals surface area contributed by atoms with E-state index in [1.54, 1.807) is 19.1 Å². The van der Waals surface area contributed by atoms with Crippen molar-refractivity contribution in [2.24, 2.45) is 0 Å². The minimum Gasteiger partial charge on any atom is -0.454 e.